The molecule has 0 radical (unpaired) electrons. The Morgan fingerprint density at radius 1 is 0.797 bits per heavy atom. The second kappa shape index (κ2) is 27.2. The fourth-order valence-electron chi connectivity index (χ4n) is 12.9. The van der Waals surface area contributed by atoms with Crippen LogP contribution >= 0.6 is 22.6 Å². The number of sulfone groups is 1. The van der Waals surface area contributed by atoms with Crippen molar-refractivity contribution in [1.82, 2.24) is 0 Å². The average Bonchev–Trinajstić information content (AvgIpc) is 4.34. The van der Waals surface area contributed by atoms with Crippen molar-refractivity contribution in [1.29, 1.82) is 0 Å². The average molecular weight is 1270 g/mol. The molecule has 6 saturated heterocycles. The molecule has 7 rings (SSSR count). The van der Waals surface area contributed by atoms with E-state index in [1.807, 2.05) is 10.1 Å². The topological polar surface area (TPSA) is 137 Å². The van der Waals surface area contributed by atoms with Crippen LogP contribution in [0.5, 0.6) is 0 Å². The summed E-state index contributed by atoms with van der Waals surface area (Å²) in [7, 11) is -8.75. The van der Waals surface area contributed by atoms with Crippen LogP contribution in [0.3, 0.4) is 0 Å². The molecule has 6 heterocycles. The van der Waals surface area contributed by atoms with Gasteiger partial charge < -0.3 is 47.1 Å². The monoisotopic (exact) mass is 1270 g/mol. The highest BCUT2D eigenvalue weighted by Gasteiger charge is 2.57. The molecule has 79 heavy (non-hydrogen) atoms. The van der Waals surface area contributed by atoms with Crippen molar-refractivity contribution in [3.05, 3.63) is 64.8 Å². The Balaban J connectivity index is 1.13. The molecule has 6 aliphatic rings. The van der Waals surface area contributed by atoms with E-state index in [9.17, 15) is 5.11 Å². The van der Waals surface area contributed by atoms with Crippen LogP contribution in [0.4, 0.5) is 0 Å². The minimum Gasteiger partial charge on any atom is -0.411 e. The maximum atomic E-state index is 15.6. The Labute approximate surface area is 494 Å². The zero-order chi connectivity index (χ0) is 58.0. The largest absolute Gasteiger partial charge is 0.411 e. The van der Waals surface area contributed by atoms with Crippen molar-refractivity contribution in [3.63, 3.8) is 0 Å². The molecule has 0 aliphatic carbocycles. The molecular formula is C63H105IO12SSi2. The Morgan fingerprint density at radius 3 is 2.08 bits per heavy atom. The van der Waals surface area contributed by atoms with Crippen LogP contribution < -0.4 is 0 Å². The lowest BCUT2D eigenvalue weighted by atomic mass is 9.77. The number of halogens is 1. The number of fused-ring (bicyclic) bond motifs is 1. The van der Waals surface area contributed by atoms with Gasteiger partial charge in [-0.3, -0.25) is 0 Å². The van der Waals surface area contributed by atoms with Crippen LogP contribution in [0.1, 0.15) is 153 Å². The second-order valence-corrected chi connectivity index (χ2v) is 40.3. The predicted molar refractivity (Wildman–Crippen MR) is 329 cm³/mol. The van der Waals surface area contributed by atoms with Crippen molar-refractivity contribution < 1.29 is 55.5 Å². The van der Waals surface area contributed by atoms with E-state index >= 15 is 8.42 Å². The highest BCUT2D eigenvalue weighted by Crippen LogP contribution is 2.49. The molecule has 0 amide bonds. The lowest BCUT2D eigenvalue weighted by Gasteiger charge is -2.54. The Kier molecular flexibility index (Phi) is 22.7. The summed E-state index contributed by atoms with van der Waals surface area (Å²) in [5.74, 6) is -0.260. The van der Waals surface area contributed by atoms with Gasteiger partial charge in [-0.25, -0.2) is 8.42 Å². The Bertz CT molecular complexity index is 2280. The summed E-state index contributed by atoms with van der Waals surface area (Å²) in [6, 6.07) is 8.70. The van der Waals surface area contributed by atoms with Gasteiger partial charge in [-0.05, 0) is 139 Å². The van der Waals surface area contributed by atoms with E-state index in [2.05, 4.69) is 144 Å². The molecular weight excluding hydrogens is 1160 g/mol. The van der Waals surface area contributed by atoms with E-state index in [1.54, 1.807) is 24.3 Å². The first kappa shape index (κ1) is 65.7. The molecule has 0 aromatic heterocycles. The maximum Gasteiger partial charge on any atom is 0.193 e. The van der Waals surface area contributed by atoms with Crippen LogP contribution in [0.15, 0.2) is 69.7 Å². The fourth-order valence-corrected chi connectivity index (χ4v) is 18.2. The number of aliphatic hydroxyl groups is 1. The zero-order valence-corrected chi connectivity index (χ0v) is 56.1. The molecule has 1 aromatic rings. The zero-order valence-electron chi connectivity index (χ0n) is 51.1. The van der Waals surface area contributed by atoms with Crippen LogP contribution in [0, 0.1) is 29.6 Å². The highest BCUT2D eigenvalue weighted by molar-refractivity contribution is 14.1. The van der Waals surface area contributed by atoms with Gasteiger partial charge in [0.1, 0.15) is 6.10 Å². The van der Waals surface area contributed by atoms with E-state index in [4.69, 9.17) is 42.0 Å². The Hall–Kier alpha value is -0.846. The van der Waals surface area contributed by atoms with Gasteiger partial charge in [0, 0.05) is 31.1 Å². The van der Waals surface area contributed by atoms with Gasteiger partial charge in [0.15, 0.2) is 32.8 Å². The fraction of sp³-hybridized carbons (Fsp3) is 0.810. The van der Waals surface area contributed by atoms with Crippen molar-refractivity contribution >= 4 is 49.1 Å². The summed E-state index contributed by atoms with van der Waals surface area (Å²) in [6.07, 6.45) is 6.35. The molecule has 450 valence electrons. The van der Waals surface area contributed by atoms with Gasteiger partial charge in [-0.15, -0.1) is 0 Å². The highest BCUT2D eigenvalue weighted by atomic mass is 127. The Morgan fingerprint density at radius 2 is 1.44 bits per heavy atom. The summed E-state index contributed by atoms with van der Waals surface area (Å²) < 4.78 is 94.5. The minimum absolute atomic E-state index is 0.0119. The number of aliphatic hydroxyl groups excluding tert-OH is 1. The van der Waals surface area contributed by atoms with E-state index < -0.39 is 56.0 Å². The number of rotatable bonds is 23. The SMILES string of the molecule is C=C1C[C@H](CCC2OCCO2)O[C@H]1CC[C@H]1C[C@@H](C)C(=C)[C@@H](C[C@@H]2O[C@H](C[C@H](C)CC)[C@H](C)[C@H]2C(C(O)C[C@H]2CC[C@@H]3O[C@@H]([C@H](/C=C/I)O[Si](C)(C)C(C)(C)C)[C@@H](O[Si](C)(C)C(C)(C)C)[C@@H](C)[C@H]3O2)S(=O)(=O)c2ccccc2)O1. The lowest BCUT2D eigenvalue weighted by Crippen LogP contribution is -2.64. The van der Waals surface area contributed by atoms with Crippen molar-refractivity contribution in [3.8, 4) is 0 Å². The number of hydrogen-bond acceptors (Lipinski definition) is 12. The van der Waals surface area contributed by atoms with Crippen molar-refractivity contribution in [2.75, 3.05) is 13.2 Å². The third-order valence-electron chi connectivity index (χ3n) is 20.2. The summed E-state index contributed by atoms with van der Waals surface area (Å²) in [5.41, 5.74) is 2.14. The lowest BCUT2D eigenvalue weighted by molar-refractivity contribution is -0.253. The normalized spacial score (nSPS) is 35.2. The summed E-state index contributed by atoms with van der Waals surface area (Å²) in [6.45, 7) is 44.1. The van der Waals surface area contributed by atoms with E-state index in [1.165, 1.54) is 0 Å². The number of benzene rings is 1. The first-order chi connectivity index (χ1) is 37.0. The first-order valence-electron chi connectivity index (χ1n) is 30.4. The van der Waals surface area contributed by atoms with Crippen LogP contribution in [0.25, 0.3) is 0 Å². The molecule has 0 bridgehead atoms. The van der Waals surface area contributed by atoms with Crippen molar-refractivity contribution in [2.24, 2.45) is 29.6 Å². The van der Waals surface area contributed by atoms with Gasteiger partial charge in [-0.2, -0.15) is 0 Å². The predicted octanol–water partition coefficient (Wildman–Crippen LogP) is 14.1. The molecule has 2 unspecified atom stereocenters. The van der Waals surface area contributed by atoms with Crippen LogP contribution in [-0.2, 0) is 51.8 Å². The quantitative estimate of drug-likeness (QED) is 0.0634. The van der Waals surface area contributed by atoms with Gasteiger partial charge in [0.2, 0.25) is 0 Å². The molecule has 1 aromatic carbocycles. The molecule has 16 heteroatoms. The maximum absolute atomic E-state index is 15.6. The summed E-state index contributed by atoms with van der Waals surface area (Å²) in [5, 5.41) is 11.8. The molecule has 6 fully saturated rings. The van der Waals surface area contributed by atoms with Gasteiger partial charge in [0.05, 0.1) is 96.6 Å². The van der Waals surface area contributed by atoms with E-state index in [-0.39, 0.29) is 106 Å². The van der Waals surface area contributed by atoms with Gasteiger partial charge in [0.25, 0.3) is 0 Å². The van der Waals surface area contributed by atoms with Gasteiger partial charge in [-0.1, -0.05) is 137 Å². The number of ether oxygens (including phenoxy) is 7. The molecule has 12 nitrogen and oxygen atoms in total. The standard InChI is InChI=1S/C63H105IO12SSi2/c1-18-39(2)34-53-43(6)57(55(73-53)38-54-42(5)40(3)35-45(71-54)24-27-50-41(4)36-46(70-50)26-29-56-68-32-33-69-56)61(77(66,67)48-22-20-19-21-23-48)49(65)37-47-25-28-51-58(72-47)44(7)59(76-79(16,17)63(11,12)13)60(74-51)52(30-31-64)75-78(14,15)62(8,9)10/h19-23,30-31,39-40,43-47,49-61,65H,4-5,18,24-29,32-38H2,1-3,6-17H3/b31-30+/t39-,40-,43+,44+,45+,46+,47-,49?,50+,51+,52+,53-,54-,55+,57-,58-,59+,60+,61?/m1/s1. The third-order valence-corrected chi connectivity index (χ3v) is 31.8. The molecule has 1 N–H and O–H groups in total. The molecule has 0 spiro atoms. The van der Waals surface area contributed by atoms with Crippen LogP contribution in [0.2, 0.25) is 36.3 Å². The third kappa shape index (κ3) is 15.8. The van der Waals surface area contributed by atoms with Crippen LogP contribution in [-0.4, -0.2) is 134 Å². The van der Waals surface area contributed by atoms with E-state index in [0.717, 1.165) is 62.5 Å². The number of hydrogen-bond donors (Lipinski definition) is 1. The molecule has 19 atom stereocenters. The van der Waals surface area contributed by atoms with E-state index in [0.29, 0.717) is 38.4 Å². The minimum atomic E-state index is -4.14. The second-order valence-electron chi connectivity index (χ2n) is 28.0. The van der Waals surface area contributed by atoms with Crippen molar-refractivity contribution in [2.45, 2.75) is 285 Å². The smallest absolute Gasteiger partial charge is 0.193 e. The summed E-state index contributed by atoms with van der Waals surface area (Å²) in [4.78, 5) is 0.200. The molecule has 0 saturated carbocycles. The molecule has 6 aliphatic heterocycles. The van der Waals surface area contributed by atoms with Gasteiger partial charge >= 0.3 is 0 Å². The summed E-state index contributed by atoms with van der Waals surface area (Å²) >= 11 is 2.29. The first-order valence-corrected chi connectivity index (χ1v) is 39.0.